The molecule has 3 rings (SSSR count). The van der Waals surface area contributed by atoms with Crippen LogP contribution in [0.5, 0.6) is 0 Å². The Kier molecular flexibility index (Phi) is 3.08. The molecule has 0 atom stereocenters. The zero-order chi connectivity index (χ0) is 14.1. The SMILES string of the molecule is O=C(Nc1ccc(F)c(Cl)c1)c1ccnc2nc[nH]c12. The first-order valence-electron chi connectivity index (χ1n) is 5.69. The van der Waals surface area contributed by atoms with Crippen LogP contribution in [-0.2, 0) is 0 Å². The van der Waals surface area contributed by atoms with Crippen LogP contribution in [0.25, 0.3) is 11.2 Å². The molecule has 100 valence electrons. The number of hydrogen-bond acceptors (Lipinski definition) is 3. The number of rotatable bonds is 2. The number of nitrogens with one attached hydrogen (secondary N) is 2. The molecule has 0 aliphatic carbocycles. The number of imidazole rings is 1. The van der Waals surface area contributed by atoms with E-state index in [2.05, 4.69) is 20.3 Å². The van der Waals surface area contributed by atoms with Crippen molar-refractivity contribution in [3.05, 3.63) is 53.2 Å². The lowest BCUT2D eigenvalue weighted by atomic mass is 10.2. The molecule has 1 aromatic carbocycles. The van der Waals surface area contributed by atoms with Gasteiger partial charge in [-0.25, -0.2) is 14.4 Å². The van der Waals surface area contributed by atoms with Crippen LogP contribution in [0.2, 0.25) is 5.02 Å². The molecule has 0 aliphatic heterocycles. The summed E-state index contributed by atoms with van der Waals surface area (Å²) >= 11 is 5.67. The molecule has 0 saturated carbocycles. The van der Waals surface area contributed by atoms with Crippen LogP contribution >= 0.6 is 11.6 Å². The highest BCUT2D eigenvalue weighted by Gasteiger charge is 2.13. The van der Waals surface area contributed by atoms with Crippen LogP contribution in [-0.4, -0.2) is 20.9 Å². The van der Waals surface area contributed by atoms with Crippen LogP contribution < -0.4 is 5.32 Å². The number of benzene rings is 1. The van der Waals surface area contributed by atoms with Crippen molar-refractivity contribution in [2.45, 2.75) is 0 Å². The van der Waals surface area contributed by atoms with Crippen molar-refractivity contribution >= 4 is 34.4 Å². The van der Waals surface area contributed by atoms with Gasteiger partial charge in [-0.05, 0) is 24.3 Å². The normalized spacial score (nSPS) is 10.7. The highest BCUT2D eigenvalue weighted by atomic mass is 35.5. The predicted molar refractivity (Wildman–Crippen MR) is 73.3 cm³/mol. The first kappa shape index (κ1) is 12.6. The van der Waals surface area contributed by atoms with Gasteiger partial charge in [0.25, 0.3) is 5.91 Å². The number of fused-ring (bicyclic) bond motifs is 1. The van der Waals surface area contributed by atoms with Crippen molar-refractivity contribution in [3.8, 4) is 0 Å². The summed E-state index contributed by atoms with van der Waals surface area (Å²) in [5.41, 5.74) is 1.80. The Morgan fingerprint density at radius 1 is 1.30 bits per heavy atom. The van der Waals surface area contributed by atoms with Gasteiger partial charge < -0.3 is 10.3 Å². The van der Waals surface area contributed by atoms with Crippen LogP contribution in [0, 0.1) is 5.82 Å². The Balaban J connectivity index is 1.93. The summed E-state index contributed by atoms with van der Waals surface area (Å²) in [5.74, 6) is -0.895. The zero-order valence-electron chi connectivity index (χ0n) is 10.0. The van der Waals surface area contributed by atoms with Gasteiger partial charge in [0.15, 0.2) is 5.65 Å². The average Bonchev–Trinajstić information content (AvgIpc) is 2.91. The zero-order valence-corrected chi connectivity index (χ0v) is 10.8. The molecule has 3 aromatic rings. The minimum absolute atomic E-state index is 0.0517. The summed E-state index contributed by atoms with van der Waals surface area (Å²) in [6.45, 7) is 0. The predicted octanol–water partition coefficient (Wildman–Crippen LogP) is 3.00. The van der Waals surface area contributed by atoms with Crippen molar-refractivity contribution in [2.24, 2.45) is 0 Å². The molecule has 0 unspecified atom stereocenters. The Labute approximate surface area is 117 Å². The average molecular weight is 291 g/mol. The fourth-order valence-corrected chi connectivity index (χ4v) is 1.99. The molecule has 0 fully saturated rings. The molecule has 2 N–H and O–H groups in total. The van der Waals surface area contributed by atoms with E-state index in [1.807, 2.05) is 0 Å². The minimum atomic E-state index is -0.537. The lowest BCUT2D eigenvalue weighted by Crippen LogP contribution is -2.12. The van der Waals surface area contributed by atoms with Crippen LogP contribution in [0.4, 0.5) is 10.1 Å². The van der Waals surface area contributed by atoms with E-state index in [9.17, 15) is 9.18 Å². The van der Waals surface area contributed by atoms with Gasteiger partial charge in [-0.15, -0.1) is 0 Å². The maximum atomic E-state index is 13.1. The van der Waals surface area contributed by atoms with Gasteiger partial charge in [0, 0.05) is 11.9 Å². The molecule has 0 radical (unpaired) electrons. The Hall–Kier alpha value is -2.47. The molecular formula is C13H8ClFN4O. The largest absolute Gasteiger partial charge is 0.343 e. The fraction of sp³-hybridized carbons (Fsp3) is 0. The van der Waals surface area contributed by atoms with E-state index < -0.39 is 5.82 Å². The van der Waals surface area contributed by atoms with Crippen molar-refractivity contribution in [3.63, 3.8) is 0 Å². The number of halogens is 2. The summed E-state index contributed by atoms with van der Waals surface area (Å²) in [5, 5.41) is 2.59. The second kappa shape index (κ2) is 4.90. The molecule has 2 heterocycles. The van der Waals surface area contributed by atoms with Gasteiger partial charge in [-0.3, -0.25) is 4.79 Å². The molecule has 0 bridgehead atoms. The smallest absolute Gasteiger partial charge is 0.257 e. The van der Waals surface area contributed by atoms with Crippen LogP contribution in [0.1, 0.15) is 10.4 Å². The third-order valence-electron chi connectivity index (χ3n) is 2.75. The van der Waals surface area contributed by atoms with Crippen molar-refractivity contribution in [1.29, 1.82) is 0 Å². The number of carbonyl (C=O) groups is 1. The van der Waals surface area contributed by atoms with Crippen LogP contribution in [0.3, 0.4) is 0 Å². The van der Waals surface area contributed by atoms with E-state index in [0.717, 1.165) is 0 Å². The highest BCUT2D eigenvalue weighted by molar-refractivity contribution is 6.31. The van der Waals surface area contributed by atoms with Crippen molar-refractivity contribution in [2.75, 3.05) is 5.32 Å². The standard InChI is InChI=1S/C13H8ClFN4O/c14-9-5-7(1-2-10(9)15)19-13(20)8-3-4-16-12-11(8)17-6-18-12/h1-6H,(H,19,20)(H,16,17,18). The van der Waals surface area contributed by atoms with Crippen molar-refractivity contribution < 1.29 is 9.18 Å². The Morgan fingerprint density at radius 2 is 2.15 bits per heavy atom. The molecule has 0 saturated heterocycles. The third kappa shape index (κ3) is 2.21. The van der Waals surface area contributed by atoms with Gasteiger partial charge in [0.1, 0.15) is 5.82 Å². The van der Waals surface area contributed by atoms with E-state index in [-0.39, 0.29) is 10.9 Å². The molecule has 7 heteroatoms. The quantitative estimate of drug-likeness (QED) is 0.762. The van der Waals surface area contributed by atoms with Gasteiger partial charge >= 0.3 is 0 Å². The molecule has 1 amide bonds. The Bertz CT molecular complexity index is 802. The molecule has 2 aromatic heterocycles. The van der Waals surface area contributed by atoms with Crippen molar-refractivity contribution in [1.82, 2.24) is 15.0 Å². The van der Waals surface area contributed by atoms with Gasteiger partial charge in [-0.2, -0.15) is 0 Å². The number of hydrogen-bond donors (Lipinski definition) is 2. The highest BCUT2D eigenvalue weighted by Crippen LogP contribution is 2.20. The van der Waals surface area contributed by atoms with Crippen LogP contribution in [0.15, 0.2) is 36.8 Å². The maximum Gasteiger partial charge on any atom is 0.257 e. The molecule has 20 heavy (non-hydrogen) atoms. The summed E-state index contributed by atoms with van der Waals surface area (Å²) in [6, 6.07) is 5.54. The minimum Gasteiger partial charge on any atom is -0.343 e. The number of aromatic nitrogens is 3. The maximum absolute atomic E-state index is 13.1. The molecular weight excluding hydrogens is 283 g/mol. The third-order valence-corrected chi connectivity index (χ3v) is 3.04. The van der Waals surface area contributed by atoms with E-state index in [0.29, 0.717) is 22.4 Å². The number of carbonyl (C=O) groups excluding carboxylic acids is 1. The number of nitrogens with zero attached hydrogens (tertiary/aromatic N) is 2. The number of aromatic amines is 1. The second-order valence-electron chi connectivity index (χ2n) is 4.04. The van der Waals surface area contributed by atoms with Gasteiger partial charge in [0.05, 0.1) is 22.4 Å². The summed E-state index contributed by atoms with van der Waals surface area (Å²) in [7, 11) is 0. The number of amides is 1. The number of pyridine rings is 1. The van der Waals surface area contributed by atoms with E-state index >= 15 is 0 Å². The first-order chi connectivity index (χ1) is 9.65. The fourth-order valence-electron chi connectivity index (χ4n) is 1.81. The molecule has 5 nitrogen and oxygen atoms in total. The summed E-state index contributed by atoms with van der Waals surface area (Å²) < 4.78 is 13.1. The van der Waals surface area contributed by atoms with Gasteiger partial charge in [-0.1, -0.05) is 11.6 Å². The Morgan fingerprint density at radius 3 is 2.95 bits per heavy atom. The number of H-pyrrole nitrogens is 1. The summed E-state index contributed by atoms with van der Waals surface area (Å²) in [4.78, 5) is 23.1. The molecule has 0 aliphatic rings. The second-order valence-corrected chi connectivity index (χ2v) is 4.45. The van der Waals surface area contributed by atoms with E-state index in [1.165, 1.54) is 30.7 Å². The first-order valence-corrected chi connectivity index (χ1v) is 6.07. The summed E-state index contributed by atoms with van der Waals surface area (Å²) in [6.07, 6.45) is 2.96. The lowest BCUT2D eigenvalue weighted by molar-refractivity contribution is 0.102. The topological polar surface area (TPSA) is 70.7 Å². The van der Waals surface area contributed by atoms with E-state index in [4.69, 9.17) is 11.6 Å². The number of anilines is 1. The molecule has 0 spiro atoms. The monoisotopic (exact) mass is 290 g/mol. The van der Waals surface area contributed by atoms with Gasteiger partial charge in [0.2, 0.25) is 0 Å². The lowest BCUT2D eigenvalue weighted by Gasteiger charge is -2.06. The van der Waals surface area contributed by atoms with E-state index in [1.54, 1.807) is 6.07 Å².